The highest BCUT2D eigenvalue weighted by molar-refractivity contribution is 5.03. The molecule has 0 unspecified atom stereocenters. The number of hydrogen-bond donors (Lipinski definition) is 1. The summed E-state index contributed by atoms with van der Waals surface area (Å²) in [5.41, 5.74) is 0. The second kappa shape index (κ2) is 4.42. The van der Waals surface area contributed by atoms with E-state index in [2.05, 4.69) is 21.4 Å². The Hall–Kier alpha value is -1.09. The van der Waals surface area contributed by atoms with Crippen LogP contribution in [0.4, 0.5) is 0 Å². The minimum atomic E-state index is 0.631. The summed E-state index contributed by atoms with van der Waals surface area (Å²) in [5, 5.41) is 3.37. The standard InChI is InChI=1S/C11H17N3/c1-2-8-14-9-7-13-11(14)10-3-5-12-6-4-10/h2,7,9-10,12H,1,3-6,8H2. The number of nitrogens with one attached hydrogen (secondary N) is 1. The zero-order valence-electron chi connectivity index (χ0n) is 8.45. The van der Waals surface area contributed by atoms with E-state index in [1.807, 2.05) is 18.5 Å². The van der Waals surface area contributed by atoms with Gasteiger partial charge in [0.1, 0.15) is 5.82 Å². The fourth-order valence-electron chi connectivity index (χ4n) is 2.05. The van der Waals surface area contributed by atoms with Gasteiger partial charge in [-0.2, -0.15) is 0 Å². The van der Waals surface area contributed by atoms with Gasteiger partial charge in [0.25, 0.3) is 0 Å². The Morgan fingerprint density at radius 1 is 1.57 bits per heavy atom. The van der Waals surface area contributed by atoms with Gasteiger partial charge in [-0.25, -0.2) is 4.98 Å². The van der Waals surface area contributed by atoms with Gasteiger partial charge in [0.2, 0.25) is 0 Å². The van der Waals surface area contributed by atoms with Crippen molar-refractivity contribution in [2.45, 2.75) is 25.3 Å². The van der Waals surface area contributed by atoms with Crippen LogP contribution in [-0.4, -0.2) is 22.6 Å². The molecule has 76 valence electrons. The van der Waals surface area contributed by atoms with Gasteiger partial charge in [0.05, 0.1) is 0 Å². The average Bonchev–Trinajstić information content (AvgIpc) is 2.68. The molecule has 1 saturated heterocycles. The monoisotopic (exact) mass is 191 g/mol. The molecule has 0 spiro atoms. The number of rotatable bonds is 3. The minimum Gasteiger partial charge on any atom is -0.331 e. The van der Waals surface area contributed by atoms with Gasteiger partial charge in [-0.15, -0.1) is 6.58 Å². The molecule has 0 saturated carbocycles. The van der Waals surface area contributed by atoms with Gasteiger partial charge in [-0.05, 0) is 25.9 Å². The Labute approximate surface area is 84.8 Å². The van der Waals surface area contributed by atoms with Crippen molar-refractivity contribution in [3.05, 3.63) is 30.9 Å². The van der Waals surface area contributed by atoms with Crippen LogP contribution in [0.25, 0.3) is 0 Å². The van der Waals surface area contributed by atoms with Gasteiger partial charge in [-0.3, -0.25) is 0 Å². The van der Waals surface area contributed by atoms with Crippen LogP contribution in [0.15, 0.2) is 25.0 Å². The van der Waals surface area contributed by atoms with E-state index in [0.29, 0.717) is 5.92 Å². The molecule has 14 heavy (non-hydrogen) atoms. The molecular formula is C11H17N3. The summed E-state index contributed by atoms with van der Waals surface area (Å²) in [5.74, 6) is 1.86. The first-order chi connectivity index (χ1) is 6.92. The van der Waals surface area contributed by atoms with Gasteiger partial charge >= 0.3 is 0 Å². The zero-order chi connectivity index (χ0) is 9.80. The lowest BCUT2D eigenvalue weighted by molar-refractivity contribution is 0.434. The molecule has 1 N–H and O–H groups in total. The summed E-state index contributed by atoms with van der Waals surface area (Å²) in [4.78, 5) is 4.45. The Kier molecular flexibility index (Phi) is 2.99. The molecule has 1 aliphatic heterocycles. The molecule has 0 aliphatic carbocycles. The summed E-state index contributed by atoms with van der Waals surface area (Å²) >= 11 is 0. The van der Waals surface area contributed by atoms with Crippen molar-refractivity contribution in [1.29, 1.82) is 0 Å². The van der Waals surface area contributed by atoms with Crippen LogP contribution in [0, 0.1) is 0 Å². The van der Waals surface area contributed by atoms with Crippen molar-refractivity contribution in [1.82, 2.24) is 14.9 Å². The molecule has 0 aromatic carbocycles. The summed E-state index contributed by atoms with van der Waals surface area (Å²) in [7, 11) is 0. The molecule has 0 bridgehead atoms. The van der Waals surface area contributed by atoms with Gasteiger partial charge < -0.3 is 9.88 Å². The molecule has 3 heteroatoms. The quantitative estimate of drug-likeness (QED) is 0.734. The first-order valence-electron chi connectivity index (χ1n) is 5.24. The highest BCUT2D eigenvalue weighted by atomic mass is 15.1. The van der Waals surface area contributed by atoms with Crippen LogP contribution in [0.1, 0.15) is 24.6 Å². The third-order valence-electron chi connectivity index (χ3n) is 2.78. The van der Waals surface area contributed by atoms with Crippen LogP contribution in [0.3, 0.4) is 0 Å². The van der Waals surface area contributed by atoms with E-state index in [1.165, 1.54) is 18.7 Å². The largest absolute Gasteiger partial charge is 0.331 e. The zero-order valence-corrected chi connectivity index (χ0v) is 8.45. The van der Waals surface area contributed by atoms with E-state index < -0.39 is 0 Å². The Balaban J connectivity index is 2.12. The Bertz CT molecular complexity index is 297. The smallest absolute Gasteiger partial charge is 0.112 e. The third kappa shape index (κ3) is 1.87. The lowest BCUT2D eigenvalue weighted by atomic mass is 9.97. The average molecular weight is 191 g/mol. The molecular weight excluding hydrogens is 174 g/mol. The molecule has 2 heterocycles. The summed E-state index contributed by atoms with van der Waals surface area (Å²) < 4.78 is 2.20. The van der Waals surface area contributed by atoms with Crippen molar-refractivity contribution in [2.75, 3.05) is 13.1 Å². The summed E-state index contributed by atoms with van der Waals surface area (Å²) in [6.07, 6.45) is 8.26. The molecule has 1 aromatic rings. The molecule has 1 aliphatic rings. The Morgan fingerprint density at radius 2 is 2.36 bits per heavy atom. The molecule has 3 nitrogen and oxygen atoms in total. The minimum absolute atomic E-state index is 0.631. The van der Waals surface area contributed by atoms with Crippen LogP contribution in [-0.2, 0) is 6.54 Å². The maximum absolute atomic E-state index is 4.45. The molecule has 2 rings (SSSR count). The number of hydrogen-bond acceptors (Lipinski definition) is 2. The number of imidazole rings is 1. The maximum atomic E-state index is 4.45. The van der Waals surface area contributed by atoms with Gasteiger partial charge in [0, 0.05) is 24.9 Å². The fraction of sp³-hybridized carbons (Fsp3) is 0.545. The highest BCUT2D eigenvalue weighted by Crippen LogP contribution is 2.23. The molecule has 1 fully saturated rings. The lowest BCUT2D eigenvalue weighted by Gasteiger charge is -2.22. The van der Waals surface area contributed by atoms with E-state index in [0.717, 1.165) is 19.6 Å². The number of piperidine rings is 1. The summed E-state index contributed by atoms with van der Waals surface area (Å²) in [6, 6.07) is 0. The van der Waals surface area contributed by atoms with E-state index in [9.17, 15) is 0 Å². The maximum Gasteiger partial charge on any atom is 0.112 e. The van der Waals surface area contributed by atoms with Gasteiger partial charge in [-0.1, -0.05) is 6.08 Å². The number of allylic oxidation sites excluding steroid dienone is 1. The second-order valence-electron chi connectivity index (χ2n) is 3.75. The van der Waals surface area contributed by atoms with Crippen LogP contribution in [0.5, 0.6) is 0 Å². The second-order valence-corrected chi connectivity index (χ2v) is 3.75. The van der Waals surface area contributed by atoms with E-state index >= 15 is 0 Å². The van der Waals surface area contributed by atoms with Crippen molar-refractivity contribution in [3.63, 3.8) is 0 Å². The van der Waals surface area contributed by atoms with E-state index in [1.54, 1.807) is 0 Å². The molecule has 0 radical (unpaired) electrons. The predicted molar refractivity (Wildman–Crippen MR) is 57.3 cm³/mol. The highest BCUT2D eigenvalue weighted by Gasteiger charge is 2.18. The predicted octanol–water partition coefficient (Wildman–Crippen LogP) is 1.54. The van der Waals surface area contributed by atoms with Crippen molar-refractivity contribution >= 4 is 0 Å². The molecule has 0 amide bonds. The Morgan fingerprint density at radius 3 is 3.07 bits per heavy atom. The van der Waals surface area contributed by atoms with Crippen LogP contribution in [0.2, 0.25) is 0 Å². The third-order valence-corrected chi connectivity index (χ3v) is 2.78. The van der Waals surface area contributed by atoms with Crippen LogP contribution >= 0.6 is 0 Å². The first kappa shape index (κ1) is 9.46. The van der Waals surface area contributed by atoms with Crippen molar-refractivity contribution in [2.24, 2.45) is 0 Å². The van der Waals surface area contributed by atoms with Crippen LogP contribution < -0.4 is 5.32 Å². The van der Waals surface area contributed by atoms with E-state index in [4.69, 9.17) is 0 Å². The molecule has 1 aromatic heterocycles. The SMILES string of the molecule is C=CCn1ccnc1C1CCNCC1. The topological polar surface area (TPSA) is 29.9 Å². The molecule has 0 atom stereocenters. The normalized spacial score (nSPS) is 18.3. The van der Waals surface area contributed by atoms with Crippen molar-refractivity contribution < 1.29 is 0 Å². The van der Waals surface area contributed by atoms with E-state index in [-0.39, 0.29) is 0 Å². The number of nitrogens with zero attached hydrogens (tertiary/aromatic N) is 2. The fourth-order valence-corrected chi connectivity index (χ4v) is 2.05. The number of aromatic nitrogens is 2. The van der Waals surface area contributed by atoms with Crippen molar-refractivity contribution in [3.8, 4) is 0 Å². The first-order valence-corrected chi connectivity index (χ1v) is 5.24. The lowest BCUT2D eigenvalue weighted by Crippen LogP contribution is -2.28. The van der Waals surface area contributed by atoms with Gasteiger partial charge in [0.15, 0.2) is 0 Å². The summed E-state index contributed by atoms with van der Waals surface area (Å²) in [6.45, 7) is 6.87.